The van der Waals surface area contributed by atoms with Crippen LogP contribution in [0.25, 0.3) is 10.9 Å². The molecule has 2 saturated heterocycles. The van der Waals surface area contributed by atoms with Gasteiger partial charge in [-0.25, -0.2) is 9.97 Å². The summed E-state index contributed by atoms with van der Waals surface area (Å²) in [6.45, 7) is 4.64. The van der Waals surface area contributed by atoms with Gasteiger partial charge in [0.1, 0.15) is 12.1 Å². The summed E-state index contributed by atoms with van der Waals surface area (Å²) < 4.78 is 0. The molecule has 2 aliphatic rings. The van der Waals surface area contributed by atoms with Gasteiger partial charge in [0.05, 0.1) is 5.52 Å². The minimum Gasteiger partial charge on any atom is -0.353 e. The first-order valence-corrected chi connectivity index (χ1v) is 7.60. The number of anilines is 1. The van der Waals surface area contributed by atoms with Crippen LogP contribution in [-0.4, -0.2) is 47.1 Å². The Morgan fingerprint density at radius 2 is 1.95 bits per heavy atom. The maximum absolute atomic E-state index is 4.56. The Kier molecular flexibility index (Phi) is 3.03. The molecule has 104 valence electrons. The molecule has 1 unspecified atom stereocenters. The van der Waals surface area contributed by atoms with E-state index in [2.05, 4.69) is 38.0 Å². The summed E-state index contributed by atoms with van der Waals surface area (Å²) in [5.74, 6) is 1.11. The zero-order valence-corrected chi connectivity index (χ0v) is 11.7. The molecule has 0 amide bonds. The SMILES string of the molecule is c1ccc2c(N3CCN4CCCCC4C3)ncnc2c1. The Balaban J connectivity index is 1.66. The van der Waals surface area contributed by atoms with Gasteiger partial charge in [-0.1, -0.05) is 18.6 Å². The molecule has 1 atom stereocenters. The summed E-state index contributed by atoms with van der Waals surface area (Å²) in [7, 11) is 0. The number of rotatable bonds is 1. The molecule has 4 nitrogen and oxygen atoms in total. The van der Waals surface area contributed by atoms with Crippen LogP contribution in [0.3, 0.4) is 0 Å². The Hall–Kier alpha value is -1.68. The van der Waals surface area contributed by atoms with Gasteiger partial charge >= 0.3 is 0 Å². The summed E-state index contributed by atoms with van der Waals surface area (Å²) in [6.07, 6.45) is 5.77. The molecule has 20 heavy (non-hydrogen) atoms. The largest absolute Gasteiger partial charge is 0.353 e. The normalized spacial score (nSPS) is 23.8. The van der Waals surface area contributed by atoms with Crippen LogP contribution in [0.5, 0.6) is 0 Å². The number of fused-ring (bicyclic) bond motifs is 2. The number of benzene rings is 1. The molecule has 3 heterocycles. The maximum atomic E-state index is 4.56. The molecule has 4 heteroatoms. The fraction of sp³-hybridized carbons (Fsp3) is 0.500. The van der Waals surface area contributed by atoms with Crippen LogP contribution in [0.15, 0.2) is 30.6 Å². The van der Waals surface area contributed by atoms with Gasteiger partial charge in [-0.3, -0.25) is 4.90 Å². The third-order valence-corrected chi connectivity index (χ3v) is 4.66. The van der Waals surface area contributed by atoms with Gasteiger partial charge in [0.2, 0.25) is 0 Å². The van der Waals surface area contributed by atoms with Crippen molar-refractivity contribution < 1.29 is 0 Å². The monoisotopic (exact) mass is 268 g/mol. The molecule has 2 fully saturated rings. The highest BCUT2D eigenvalue weighted by Gasteiger charge is 2.29. The molecular formula is C16H20N4. The molecule has 4 rings (SSSR count). The van der Waals surface area contributed by atoms with Crippen molar-refractivity contribution in [1.82, 2.24) is 14.9 Å². The van der Waals surface area contributed by atoms with Crippen molar-refractivity contribution in [1.29, 1.82) is 0 Å². The number of para-hydroxylation sites is 1. The number of hydrogen-bond donors (Lipinski definition) is 0. The first kappa shape index (κ1) is 12.1. The van der Waals surface area contributed by atoms with E-state index in [1.165, 1.54) is 37.7 Å². The van der Waals surface area contributed by atoms with Crippen molar-refractivity contribution in [3.63, 3.8) is 0 Å². The maximum Gasteiger partial charge on any atom is 0.139 e. The highest BCUT2D eigenvalue weighted by molar-refractivity contribution is 5.89. The molecule has 2 aromatic rings. The van der Waals surface area contributed by atoms with Crippen LogP contribution in [0, 0.1) is 0 Å². The standard InChI is InChI=1S/C16H20N4/c1-2-7-15-14(6-1)16(18-12-17-15)20-10-9-19-8-4-3-5-13(19)11-20/h1-2,6-7,12-13H,3-5,8-11H2. The van der Waals surface area contributed by atoms with Crippen LogP contribution in [0.2, 0.25) is 0 Å². The lowest BCUT2D eigenvalue weighted by Gasteiger charge is -2.44. The molecule has 1 aromatic heterocycles. The highest BCUT2D eigenvalue weighted by atomic mass is 15.3. The molecule has 0 N–H and O–H groups in total. The van der Waals surface area contributed by atoms with Crippen LogP contribution >= 0.6 is 0 Å². The summed E-state index contributed by atoms with van der Waals surface area (Å²) in [6, 6.07) is 9.03. The van der Waals surface area contributed by atoms with E-state index in [1.54, 1.807) is 6.33 Å². The molecule has 0 spiro atoms. The third kappa shape index (κ3) is 2.04. The van der Waals surface area contributed by atoms with Crippen LogP contribution in [-0.2, 0) is 0 Å². The van der Waals surface area contributed by atoms with E-state index < -0.39 is 0 Å². The Labute approximate surface area is 119 Å². The molecule has 2 aliphatic heterocycles. The van der Waals surface area contributed by atoms with Gasteiger partial charge in [-0.2, -0.15) is 0 Å². The summed E-state index contributed by atoms with van der Waals surface area (Å²) in [4.78, 5) is 14.0. The topological polar surface area (TPSA) is 32.3 Å². The van der Waals surface area contributed by atoms with Gasteiger partial charge in [-0.15, -0.1) is 0 Å². The lowest BCUT2D eigenvalue weighted by Crippen LogP contribution is -2.55. The minimum atomic E-state index is 0.714. The number of piperazine rings is 1. The molecule has 0 bridgehead atoms. The molecule has 1 aromatic carbocycles. The zero-order valence-electron chi connectivity index (χ0n) is 11.7. The van der Waals surface area contributed by atoms with Gasteiger partial charge in [-0.05, 0) is 31.5 Å². The molecule has 0 aliphatic carbocycles. The number of aromatic nitrogens is 2. The minimum absolute atomic E-state index is 0.714. The number of nitrogens with zero attached hydrogens (tertiary/aromatic N) is 4. The third-order valence-electron chi connectivity index (χ3n) is 4.66. The summed E-state index contributed by atoms with van der Waals surface area (Å²) in [5.41, 5.74) is 1.04. The first-order valence-electron chi connectivity index (χ1n) is 7.60. The molecular weight excluding hydrogens is 248 g/mol. The fourth-order valence-corrected chi connectivity index (χ4v) is 3.59. The van der Waals surface area contributed by atoms with E-state index in [0.29, 0.717) is 6.04 Å². The van der Waals surface area contributed by atoms with Crippen molar-refractivity contribution in [3.8, 4) is 0 Å². The zero-order chi connectivity index (χ0) is 13.4. The molecule has 0 radical (unpaired) electrons. The fourth-order valence-electron chi connectivity index (χ4n) is 3.59. The van der Waals surface area contributed by atoms with Crippen molar-refractivity contribution in [2.75, 3.05) is 31.1 Å². The first-order chi connectivity index (χ1) is 9.92. The van der Waals surface area contributed by atoms with Crippen molar-refractivity contribution in [2.24, 2.45) is 0 Å². The average molecular weight is 268 g/mol. The quantitative estimate of drug-likeness (QED) is 0.794. The van der Waals surface area contributed by atoms with Crippen molar-refractivity contribution in [3.05, 3.63) is 30.6 Å². The van der Waals surface area contributed by atoms with Gasteiger partial charge in [0, 0.05) is 31.1 Å². The van der Waals surface area contributed by atoms with Crippen LogP contribution < -0.4 is 4.90 Å². The highest BCUT2D eigenvalue weighted by Crippen LogP contribution is 2.27. The van der Waals surface area contributed by atoms with E-state index in [9.17, 15) is 0 Å². The van der Waals surface area contributed by atoms with Gasteiger partial charge in [0.15, 0.2) is 0 Å². The second-order valence-corrected chi connectivity index (χ2v) is 5.85. The Bertz CT molecular complexity index is 607. The van der Waals surface area contributed by atoms with E-state index in [0.717, 1.165) is 24.4 Å². The lowest BCUT2D eigenvalue weighted by atomic mass is 9.99. The average Bonchev–Trinajstić information content (AvgIpc) is 2.54. The van der Waals surface area contributed by atoms with E-state index in [4.69, 9.17) is 0 Å². The smallest absolute Gasteiger partial charge is 0.139 e. The lowest BCUT2D eigenvalue weighted by molar-refractivity contribution is 0.133. The second-order valence-electron chi connectivity index (χ2n) is 5.85. The van der Waals surface area contributed by atoms with Gasteiger partial charge in [0.25, 0.3) is 0 Å². The summed E-state index contributed by atoms with van der Waals surface area (Å²) >= 11 is 0. The number of hydrogen-bond acceptors (Lipinski definition) is 4. The van der Waals surface area contributed by atoms with E-state index >= 15 is 0 Å². The number of piperidine rings is 1. The van der Waals surface area contributed by atoms with Crippen LogP contribution in [0.1, 0.15) is 19.3 Å². The van der Waals surface area contributed by atoms with Crippen LogP contribution in [0.4, 0.5) is 5.82 Å². The Morgan fingerprint density at radius 1 is 1.00 bits per heavy atom. The van der Waals surface area contributed by atoms with Gasteiger partial charge < -0.3 is 4.90 Å². The Morgan fingerprint density at radius 3 is 2.95 bits per heavy atom. The van der Waals surface area contributed by atoms with Crippen molar-refractivity contribution >= 4 is 16.7 Å². The summed E-state index contributed by atoms with van der Waals surface area (Å²) in [5, 5.41) is 1.18. The van der Waals surface area contributed by atoms with Crippen molar-refractivity contribution in [2.45, 2.75) is 25.3 Å². The predicted octanol–water partition coefficient (Wildman–Crippen LogP) is 2.30. The van der Waals surface area contributed by atoms with E-state index in [1.807, 2.05) is 6.07 Å². The second kappa shape index (κ2) is 5.02. The van der Waals surface area contributed by atoms with E-state index in [-0.39, 0.29) is 0 Å². The predicted molar refractivity (Wildman–Crippen MR) is 81.0 cm³/mol. The molecule has 0 saturated carbocycles.